The Balaban J connectivity index is 2.54. The minimum absolute atomic E-state index is 0.152. The number of benzene rings is 1. The molecular formula is C11H13N3O2. The van der Waals surface area contributed by atoms with Crippen molar-refractivity contribution in [2.24, 2.45) is 0 Å². The molecule has 0 aliphatic heterocycles. The van der Waals surface area contributed by atoms with Gasteiger partial charge in [-0.3, -0.25) is 5.10 Å². The molecule has 0 spiro atoms. The van der Waals surface area contributed by atoms with E-state index in [2.05, 4.69) is 10.2 Å². The van der Waals surface area contributed by atoms with Gasteiger partial charge in [0.25, 0.3) is 0 Å². The number of methoxy groups -OCH3 is 1. The molecule has 2 rings (SSSR count). The number of phenols is 1. The molecule has 1 heterocycles. The summed E-state index contributed by atoms with van der Waals surface area (Å²) in [7, 11) is 1.51. The Bertz CT molecular complexity index is 520. The number of aromatic amines is 1. The summed E-state index contributed by atoms with van der Waals surface area (Å²) in [6.45, 7) is 1.81. The van der Waals surface area contributed by atoms with Gasteiger partial charge < -0.3 is 15.6 Å². The molecule has 5 nitrogen and oxygen atoms in total. The van der Waals surface area contributed by atoms with Gasteiger partial charge in [-0.1, -0.05) is 0 Å². The Hall–Kier alpha value is -2.17. The van der Waals surface area contributed by atoms with Crippen LogP contribution in [0.1, 0.15) is 5.56 Å². The smallest absolute Gasteiger partial charge is 0.161 e. The molecular weight excluding hydrogens is 206 g/mol. The summed E-state index contributed by atoms with van der Waals surface area (Å²) in [5.41, 5.74) is 7.93. The van der Waals surface area contributed by atoms with E-state index in [-0.39, 0.29) is 5.75 Å². The number of hydrogen-bond acceptors (Lipinski definition) is 4. The predicted molar refractivity (Wildman–Crippen MR) is 61.4 cm³/mol. The molecule has 0 aliphatic carbocycles. The molecule has 16 heavy (non-hydrogen) atoms. The van der Waals surface area contributed by atoms with Crippen molar-refractivity contribution in [2.75, 3.05) is 12.8 Å². The second kappa shape index (κ2) is 3.77. The molecule has 2 aromatic rings. The number of nitrogens with two attached hydrogens (primary N) is 1. The lowest BCUT2D eigenvalue weighted by Gasteiger charge is -2.08. The number of nitrogens with one attached hydrogen (secondary N) is 1. The largest absolute Gasteiger partial charge is 0.504 e. The summed E-state index contributed by atoms with van der Waals surface area (Å²) in [6, 6.07) is 5.30. The number of rotatable bonds is 2. The fraction of sp³-hybridized carbons (Fsp3) is 0.182. The average molecular weight is 219 g/mol. The second-order valence-electron chi connectivity index (χ2n) is 3.55. The normalized spacial score (nSPS) is 10.4. The van der Waals surface area contributed by atoms with E-state index in [0.29, 0.717) is 11.6 Å². The number of aromatic nitrogens is 2. The Morgan fingerprint density at radius 1 is 1.38 bits per heavy atom. The minimum Gasteiger partial charge on any atom is -0.504 e. The number of H-pyrrole nitrogens is 1. The van der Waals surface area contributed by atoms with Gasteiger partial charge >= 0.3 is 0 Å². The number of aromatic hydroxyl groups is 1. The maximum atomic E-state index is 9.70. The predicted octanol–water partition coefficient (Wildman–Crippen LogP) is 1.68. The lowest BCUT2D eigenvalue weighted by Crippen LogP contribution is -1.88. The first-order valence-electron chi connectivity index (χ1n) is 4.80. The van der Waals surface area contributed by atoms with Crippen LogP contribution in [0.4, 0.5) is 5.82 Å². The van der Waals surface area contributed by atoms with Crippen LogP contribution < -0.4 is 10.5 Å². The van der Waals surface area contributed by atoms with Gasteiger partial charge in [-0.15, -0.1) is 0 Å². The van der Waals surface area contributed by atoms with E-state index in [1.54, 1.807) is 19.1 Å². The molecule has 0 atom stereocenters. The van der Waals surface area contributed by atoms with Gasteiger partial charge in [-0.2, -0.15) is 5.10 Å². The Morgan fingerprint density at radius 3 is 2.69 bits per heavy atom. The highest BCUT2D eigenvalue weighted by atomic mass is 16.5. The van der Waals surface area contributed by atoms with E-state index < -0.39 is 0 Å². The van der Waals surface area contributed by atoms with Crippen molar-refractivity contribution < 1.29 is 9.84 Å². The molecule has 0 saturated carbocycles. The van der Waals surface area contributed by atoms with Crippen molar-refractivity contribution in [3.8, 4) is 22.8 Å². The van der Waals surface area contributed by atoms with Gasteiger partial charge in [0.15, 0.2) is 11.5 Å². The molecule has 0 bridgehead atoms. The van der Waals surface area contributed by atoms with Crippen LogP contribution in [0.15, 0.2) is 18.2 Å². The summed E-state index contributed by atoms with van der Waals surface area (Å²) in [5, 5.41) is 16.4. The van der Waals surface area contributed by atoms with E-state index in [1.165, 1.54) is 7.11 Å². The van der Waals surface area contributed by atoms with Crippen molar-refractivity contribution >= 4 is 5.82 Å². The van der Waals surface area contributed by atoms with Crippen LogP contribution in [0.2, 0.25) is 0 Å². The fourth-order valence-corrected chi connectivity index (χ4v) is 1.54. The van der Waals surface area contributed by atoms with Gasteiger partial charge in [0, 0.05) is 11.6 Å². The first-order chi connectivity index (χ1) is 7.61. The summed E-state index contributed by atoms with van der Waals surface area (Å²) < 4.78 is 5.08. The van der Waals surface area contributed by atoms with Crippen LogP contribution >= 0.6 is 0 Å². The van der Waals surface area contributed by atoms with Crippen LogP contribution in [0, 0.1) is 6.92 Å². The number of hydrogen-bond donors (Lipinski definition) is 3. The molecule has 5 heteroatoms. The highest BCUT2D eigenvalue weighted by molar-refractivity contribution is 5.67. The minimum atomic E-state index is 0.152. The van der Waals surface area contributed by atoms with Crippen LogP contribution in [0.25, 0.3) is 11.3 Å². The van der Waals surface area contributed by atoms with Crippen molar-refractivity contribution in [3.63, 3.8) is 0 Å². The third-order valence-corrected chi connectivity index (χ3v) is 2.39. The Morgan fingerprint density at radius 2 is 2.12 bits per heavy atom. The number of aryl methyl sites for hydroxylation is 1. The van der Waals surface area contributed by atoms with E-state index in [4.69, 9.17) is 10.5 Å². The zero-order chi connectivity index (χ0) is 11.7. The topological polar surface area (TPSA) is 84.2 Å². The molecule has 0 amide bonds. The summed E-state index contributed by atoms with van der Waals surface area (Å²) in [6.07, 6.45) is 0. The van der Waals surface area contributed by atoms with E-state index in [1.807, 2.05) is 6.07 Å². The van der Waals surface area contributed by atoms with Gasteiger partial charge in [-0.05, 0) is 24.6 Å². The van der Waals surface area contributed by atoms with Crippen molar-refractivity contribution in [1.29, 1.82) is 0 Å². The van der Waals surface area contributed by atoms with Gasteiger partial charge in [0.1, 0.15) is 5.82 Å². The number of anilines is 1. The third-order valence-electron chi connectivity index (χ3n) is 2.39. The molecule has 0 fully saturated rings. The lowest BCUT2D eigenvalue weighted by molar-refractivity contribution is 0.372. The summed E-state index contributed by atoms with van der Waals surface area (Å²) in [5.74, 6) is 1.02. The number of phenolic OH excluding ortho intramolecular Hbond substituents is 1. The highest BCUT2D eigenvalue weighted by Crippen LogP contribution is 2.34. The SMILES string of the molecule is COc1cc(-c2cc(N)n[nH]2)cc(C)c1O. The molecule has 0 saturated heterocycles. The van der Waals surface area contributed by atoms with Crippen molar-refractivity contribution in [3.05, 3.63) is 23.8 Å². The Labute approximate surface area is 92.9 Å². The molecule has 1 aromatic carbocycles. The number of nitrogen functional groups attached to an aromatic ring is 1. The zero-order valence-electron chi connectivity index (χ0n) is 9.11. The quantitative estimate of drug-likeness (QED) is 0.717. The first-order valence-corrected chi connectivity index (χ1v) is 4.80. The summed E-state index contributed by atoms with van der Waals surface area (Å²) in [4.78, 5) is 0. The number of nitrogens with zero attached hydrogens (tertiary/aromatic N) is 1. The third kappa shape index (κ3) is 1.67. The molecule has 0 aliphatic rings. The average Bonchev–Trinajstić information content (AvgIpc) is 2.69. The highest BCUT2D eigenvalue weighted by Gasteiger charge is 2.10. The van der Waals surface area contributed by atoms with Gasteiger partial charge in [0.05, 0.1) is 12.8 Å². The first kappa shape index (κ1) is 10.4. The lowest BCUT2D eigenvalue weighted by atomic mass is 10.1. The van der Waals surface area contributed by atoms with Gasteiger partial charge in [-0.25, -0.2) is 0 Å². The standard InChI is InChI=1S/C11H13N3O2/c1-6-3-7(4-9(16-2)11(6)15)8-5-10(12)14-13-8/h3-5,15H,1-2H3,(H3,12,13,14). The van der Waals surface area contributed by atoms with Crippen LogP contribution in [0.3, 0.4) is 0 Å². The van der Waals surface area contributed by atoms with E-state index in [9.17, 15) is 5.11 Å². The maximum absolute atomic E-state index is 9.70. The van der Waals surface area contributed by atoms with E-state index >= 15 is 0 Å². The molecule has 0 unspecified atom stereocenters. The second-order valence-corrected chi connectivity index (χ2v) is 3.55. The molecule has 1 aromatic heterocycles. The van der Waals surface area contributed by atoms with E-state index in [0.717, 1.165) is 16.8 Å². The maximum Gasteiger partial charge on any atom is 0.161 e. The van der Waals surface area contributed by atoms with Crippen LogP contribution in [-0.4, -0.2) is 22.4 Å². The summed E-state index contributed by atoms with van der Waals surface area (Å²) >= 11 is 0. The molecule has 4 N–H and O–H groups in total. The van der Waals surface area contributed by atoms with Gasteiger partial charge in [0.2, 0.25) is 0 Å². The van der Waals surface area contributed by atoms with Crippen LogP contribution in [-0.2, 0) is 0 Å². The van der Waals surface area contributed by atoms with Crippen molar-refractivity contribution in [2.45, 2.75) is 6.92 Å². The Kier molecular flexibility index (Phi) is 2.44. The monoisotopic (exact) mass is 219 g/mol. The fourth-order valence-electron chi connectivity index (χ4n) is 1.54. The van der Waals surface area contributed by atoms with Crippen molar-refractivity contribution in [1.82, 2.24) is 10.2 Å². The molecule has 0 radical (unpaired) electrons. The zero-order valence-corrected chi connectivity index (χ0v) is 9.11. The van der Waals surface area contributed by atoms with Crippen LogP contribution in [0.5, 0.6) is 11.5 Å². The molecule has 84 valence electrons. The number of ether oxygens (including phenoxy) is 1.